The van der Waals surface area contributed by atoms with Crippen LogP contribution >= 0.6 is 15.9 Å². The minimum Gasteiger partial charge on any atom is -0.480 e. The van der Waals surface area contributed by atoms with Crippen LogP contribution in [0.3, 0.4) is 0 Å². The molecule has 1 aromatic rings. The van der Waals surface area contributed by atoms with Crippen molar-refractivity contribution < 1.29 is 23.5 Å². The number of likely N-dealkylation sites (tertiary alicyclic amines) is 1. The van der Waals surface area contributed by atoms with Crippen molar-refractivity contribution >= 4 is 27.9 Å². The monoisotopic (exact) mass is 417 g/mol. The highest BCUT2D eigenvalue weighted by Crippen LogP contribution is 2.22. The maximum atomic E-state index is 14.2. The Morgan fingerprint density at radius 2 is 2.08 bits per heavy atom. The largest absolute Gasteiger partial charge is 0.480 e. The van der Waals surface area contributed by atoms with E-state index in [1.807, 2.05) is 0 Å². The average Bonchev–Trinajstić information content (AvgIpc) is 2.86. The zero-order chi connectivity index (χ0) is 18.8. The zero-order valence-corrected chi connectivity index (χ0v) is 16.1. The molecule has 0 unspecified atom stereocenters. The molecule has 2 amide bonds. The Bertz CT molecular complexity index is 665. The molecule has 0 aromatic carbocycles. The maximum Gasteiger partial charge on any atom is 0.410 e. The highest BCUT2D eigenvalue weighted by atomic mass is 79.9. The first-order chi connectivity index (χ1) is 11.6. The second-order valence-electron chi connectivity index (χ2n) is 6.69. The number of alkyl halides is 1. The van der Waals surface area contributed by atoms with E-state index >= 15 is 0 Å². The van der Waals surface area contributed by atoms with Crippen molar-refractivity contribution in [3.05, 3.63) is 22.3 Å². The van der Waals surface area contributed by atoms with Crippen molar-refractivity contribution in [1.82, 2.24) is 15.2 Å². The van der Waals surface area contributed by atoms with Crippen LogP contribution in [0, 0.1) is 0 Å². The fraction of sp³-hybridized carbons (Fsp3) is 0.562. The number of rotatable bonds is 3. The molecule has 0 spiro atoms. The number of carbonyl (C=O) groups is 2. The Morgan fingerprint density at radius 3 is 2.68 bits per heavy atom. The van der Waals surface area contributed by atoms with Crippen molar-refractivity contribution in [1.29, 1.82) is 0 Å². The van der Waals surface area contributed by atoms with E-state index in [1.54, 1.807) is 20.8 Å². The number of nitrogens with one attached hydrogen (secondary N) is 1. The summed E-state index contributed by atoms with van der Waals surface area (Å²) in [6.07, 6.45) is -0.496. The van der Waals surface area contributed by atoms with Crippen LogP contribution in [0.25, 0.3) is 0 Å². The lowest BCUT2D eigenvalue weighted by Gasteiger charge is -2.24. The van der Waals surface area contributed by atoms with Crippen LogP contribution in [0.5, 0.6) is 5.88 Å². The number of methoxy groups -OCH3 is 1. The average molecular weight is 418 g/mol. The zero-order valence-electron chi connectivity index (χ0n) is 14.5. The fourth-order valence-corrected chi connectivity index (χ4v) is 2.71. The second kappa shape index (κ2) is 7.55. The number of pyridine rings is 1. The van der Waals surface area contributed by atoms with E-state index in [9.17, 15) is 14.0 Å². The number of carbonyl (C=O) groups excluding carboxylic acids is 2. The standard InChI is InChI=1S/C16H21BrFN3O4/c1-16(2,3)25-15(23)21-7-11(18)12(8-21)20-13(22)10-5-9(17)6-19-14(10)24-4/h5-6,11-12H,7-8H2,1-4H3,(H,20,22)/t11-,12+/m0/s1. The molecule has 1 aliphatic heterocycles. The quantitative estimate of drug-likeness (QED) is 0.816. The predicted molar refractivity (Wildman–Crippen MR) is 92.4 cm³/mol. The highest BCUT2D eigenvalue weighted by Gasteiger charge is 2.38. The van der Waals surface area contributed by atoms with Gasteiger partial charge < -0.3 is 19.7 Å². The third-order valence-electron chi connectivity index (χ3n) is 3.47. The van der Waals surface area contributed by atoms with Gasteiger partial charge in [-0.15, -0.1) is 0 Å². The molecule has 25 heavy (non-hydrogen) atoms. The predicted octanol–water partition coefficient (Wildman–Crippen LogP) is 2.54. The lowest BCUT2D eigenvalue weighted by Crippen LogP contribution is -2.42. The summed E-state index contributed by atoms with van der Waals surface area (Å²) < 4.78 is 25.1. The summed E-state index contributed by atoms with van der Waals surface area (Å²) >= 11 is 3.23. The first-order valence-corrected chi connectivity index (χ1v) is 8.52. The summed E-state index contributed by atoms with van der Waals surface area (Å²) in [4.78, 5) is 29.7. The van der Waals surface area contributed by atoms with Crippen molar-refractivity contribution in [2.24, 2.45) is 0 Å². The van der Waals surface area contributed by atoms with Gasteiger partial charge in [-0.25, -0.2) is 14.2 Å². The first-order valence-electron chi connectivity index (χ1n) is 7.73. The van der Waals surface area contributed by atoms with Gasteiger partial charge in [0, 0.05) is 17.2 Å². The van der Waals surface area contributed by atoms with E-state index in [-0.39, 0.29) is 24.5 Å². The van der Waals surface area contributed by atoms with E-state index in [2.05, 4.69) is 26.2 Å². The van der Waals surface area contributed by atoms with Gasteiger partial charge in [0.25, 0.3) is 5.91 Å². The van der Waals surface area contributed by atoms with Crippen LogP contribution < -0.4 is 10.1 Å². The molecule has 7 nitrogen and oxygen atoms in total. The minimum absolute atomic E-state index is 0.0333. The van der Waals surface area contributed by atoms with E-state index in [1.165, 1.54) is 24.3 Å². The van der Waals surface area contributed by atoms with Crippen LogP contribution in [0.2, 0.25) is 0 Å². The molecular formula is C16H21BrFN3O4. The van der Waals surface area contributed by atoms with Gasteiger partial charge in [0.05, 0.1) is 19.7 Å². The Labute approximate surface area is 154 Å². The molecule has 0 aliphatic carbocycles. The maximum absolute atomic E-state index is 14.2. The van der Waals surface area contributed by atoms with Gasteiger partial charge in [0.1, 0.15) is 17.3 Å². The number of halogens is 2. The van der Waals surface area contributed by atoms with Gasteiger partial charge in [-0.1, -0.05) is 0 Å². The summed E-state index contributed by atoms with van der Waals surface area (Å²) in [5, 5.41) is 2.59. The molecule has 1 saturated heterocycles. The summed E-state index contributed by atoms with van der Waals surface area (Å²) in [5.41, 5.74) is -0.487. The Kier molecular flexibility index (Phi) is 5.87. The number of amides is 2. The van der Waals surface area contributed by atoms with Crippen LogP contribution in [0.4, 0.5) is 9.18 Å². The molecule has 0 radical (unpaired) electrons. The molecular weight excluding hydrogens is 397 g/mol. The molecule has 2 heterocycles. The Hall–Kier alpha value is -1.90. The third-order valence-corrected chi connectivity index (χ3v) is 3.91. The lowest BCUT2D eigenvalue weighted by molar-refractivity contribution is 0.0281. The van der Waals surface area contributed by atoms with Gasteiger partial charge >= 0.3 is 6.09 Å². The van der Waals surface area contributed by atoms with Gasteiger partial charge in [0.15, 0.2) is 0 Å². The highest BCUT2D eigenvalue weighted by molar-refractivity contribution is 9.10. The van der Waals surface area contributed by atoms with Crippen LogP contribution in [-0.2, 0) is 4.74 Å². The molecule has 138 valence electrons. The smallest absolute Gasteiger partial charge is 0.410 e. The van der Waals surface area contributed by atoms with Crippen molar-refractivity contribution in [3.8, 4) is 5.88 Å². The second-order valence-corrected chi connectivity index (χ2v) is 7.61. The summed E-state index contributed by atoms with van der Waals surface area (Å²) in [5.74, 6) is -0.387. The van der Waals surface area contributed by atoms with Gasteiger partial charge in [-0.3, -0.25) is 4.79 Å². The number of nitrogens with zero attached hydrogens (tertiary/aromatic N) is 2. The van der Waals surface area contributed by atoms with Gasteiger partial charge in [-0.05, 0) is 42.8 Å². The Morgan fingerprint density at radius 1 is 1.40 bits per heavy atom. The van der Waals surface area contributed by atoms with E-state index < -0.39 is 29.8 Å². The lowest BCUT2D eigenvalue weighted by atomic mass is 10.2. The topological polar surface area (TPSA) is 80.8 Å². The molecule has 1 N–H and O–H groups in total. The number of hydrogen-bond donors (Lipinski definition) is 1. The van der Waals surface area contributed by atoms with E-state index in [0.717, 1.165) is 0 Å². The molecule has 2 atom stereocenters. The van der Waals surface area contributed by atoms with Gasteiger partial charge in [0.2, 0.25) is 5.88 Å². The molecule has 2 rings (SSSR count). The third kappa shape index (κ3) is 5.04. The van der Waals surface area contributed by atoms with Gasteiger partial charge in [-0.2, -0.15) is 0 Å². The first kappa shape index (κ1) is 19.4. The SMILES string of the molecule is COc1ncc(Br)cc1C(=O)N[C@@H]1CN(C(=O)OC(C)(C)C)C[C@@H]1F. The molecule has 1 aromatic heterocycles. The van der Waals surface area contributed by atoms with Crippen molar-refractivity contribution in [3.63, 3.8) is 0 Å². The summed E-state index contributed by atoms with van der Waals surface area (Å²) in [6.45, 7) is 5.11. The number of hydrogen-bond acceptors (Lipinski definition) is 5. The van der Waals surface area contributed by atoms with E-state index in [0.29, 0.717) is 4.47 Å². The Balaban J connectivity index is 2.05. The summed E-state index contributed by atoms with van der Waals surface area (Å²) in [7, 11) is 1.39. The van der Waals surface area contributed by atoms with Crippen molar-refractivity contribution in [2.75, 3.05) is 20.2 Å². The molecule has 9 heteroatoms. The molecule has 1 aliphatic rings. The molecule has 0 bridgehead atoms. The number of aromatic nitrogens is 1. The minimum atomic E-state index is -1.39. The van der Waals surface area contributed by atoms with Crippen molar-refractivity contribution in [2.45, 2.75) is 38.6 Å². The van der Waals surface area contributed by atoms with Crippen LogP contribution in [0.15, 0.2) is 16.7 Å². The summed E-state index contributed by atoms with van der Waals surface area (Å²) in [6, 6.07) is 0.707. The fourth-order valence-electron chi connectivity index (χ4n) is 2.37. The number of ether oxygens (including phenoxy) is 2. The van der Waals surface area contributed by atoms with Crippen LogP contribution in [-0.4, -0.2) is 59.9 Å². The van der Waals surface area contributed by atoms with E-state index in [4.69, 9.17) is 9.47 Å². The molecule has 1 fully saturated rings. The normalized spacial score (nSPS) is 20.3. The molecule has 0 saturated carbocycles. The van der Waals surface area contributed by atoms with Crippen LogP contribution in [0.1, 0.15) is 31.1 Å².